The third kappa shape index (κ3) is 1.85. The quantitative estimate of drug-likeness (QED) is 0.273. The van der Waals surface area contributed by atoms with Crippen molar-refractivity contribution in [2.24, 2.45) is 11.7 Å². The number of benzene rings is 3. The Morgan fingerprint density at radius 2 is 1.55 bits per heavy atom. The van der Waals surface area contributed by atoms with E-state index in [1.165, 1.54) is 0 Å². The second-order valence-electron chi connectivity index (χ2n) is 4.48. The Kier molecular flexibility index (Phi) is 2.98. The SMILES string of the molecule is NNC(=O)N(N)c1cc2ccccc2c2ccccc12. The standard InChI is InChI=1S/C15H14N4O/c16-18-15(20)19(17)14-9-10-5-1-2-6-11(10)12-7-3-4-8-13(12)14/h1-9H,16-17H2,(H,18,20). The number of nitrogens with zero attached hydrogens (tertiary/aromatic N) is 1. The highest BCUT2D eigenvalue weighted by Gasteiger charge is 2.14. The van der Waals surface area contributed by atoms with Gasteiger partial charge in [-0.05, 0) is 22.2 Å². The summed E-state index contributed by atoms with van der Waals surface area (Å²) in [4.78, 5) is 11.7. The van der Waals surface area contributed by atoms with E-state index in [0.29, 0.717) is 5.69 Å². The predicted molar refractivity (Wildman–Crippen MR) is 80.8 cm³/mol. The van der Waals surface area contributed by atoms with Crippen molar-refractivity contribution in [3.05, 3.63) is 54.6 Å². The average Bonchev–Trinajstić information content (AvgIpc) is 2.52. The molecule has 20 heavy (non-hydrogen) atoms. The molecule has 0 fully saturated rings. The van der Waals surface area contributed by atoms with Crippen molar-refractivity contribution in [1.82, 2.24) is 5.43 Å². The largest absolute Gasteiger partial charge is 0.350 e. The lowest BCUT2D eigenvalue weighted by Gasteiger charge is -2.19. The molecule has 5 N–H and O–H groups in total. The number of nitrogens with one attached hydrogen (secondary N) is 1. The topological polar surface area (TPSA) is 84.4 Å². The van der Waals surface area contributed by atoms with E-state index in [9.17, 15) is 4.79 Å². The van der Waals surface area contributed by atoms with Gasteiger partial charge in [-0.2, -0.15) is 0 Å². The molecule has 0 aromatic heterocycles. The minimum Gasteiger partial charge on any atom is -0.274 e. The number of amides is 2. The third-order valence-electron chi connectivity index (χ3n) is 3.35. The van der Waals surface area contributed by atoms with Gasteiger partial charge in [0.25, 0.3) is 0 Å². The number of fused-ring (bicyclic) bond motifs is 3. The second kappa shape index (κ2) is 4.80. The first-order valence-corrected chi connectivity index (χ1v) is 6.18. The van der Waals surface area contributed by atoms with Gasteiger partial charge in [-0.15, -0.1) is 0 Å². The molecule has 0 aliphatic heterocycles. The summed E-state index contributed by atoms with van der Waals surface area (Å²) in [6.45, 7) is 0. The lowest BCUT2D eigenvalue weighted by atomic mass is 10.0. The number of hydrazine groups is 2. The van der Waals surface area contributed by atoms with E-state index in [0.717, 1.165) is 26.6 Å². The molecular formula is C15H14N4O. The van der Waals surface area contributed by atoms with E-state index < -0.39 is 6.03 Å². The van der Waals surface area contributed by atoms with E-state index >= 15 is 0 Å². The van der Waals surface area contributed by atoms with Crippen molar-refractivity contribution >= 4 is 33.3 Å². The Balaban J connectivity index is 2.37. The third-order valence-corrected chi connectivity index (χ3v) is 3.35. The molecule has 0 radical (unpaired) electrons. The number of hydrogen-bond acceptors (Lipinski definition) is 3. The zero-order valence-electron chi connectivity index (χ0n) is 10.7. The lowest BCUT2D eigenvalue weighted by molar-refractivity contribution is 0.246. The van der Waals surface area contributed by atoms with Crippen LogP contribution in [0.1, 0.15) is 0 Å². The molecule has 5 heteroatoms. The van der Waals surface area contributed by atoms with Crippen molar-refractivity contribution in [2.75, 3.05) is 5.01 Å². The van der Waals surface area contributed by atoms with Crippen LogP contribution in [0, 0.1) is 0 Å². The summed E-state index contributed by atoms with van der Waals surface area (Å²) < 4.78 is 0. The number of carbonyl (C=O) groups excluding carboxylic acids is 1. The summed E-state index contributed by atoms with van der Waals surface area (Å²) >= 11 is 0. The summed E-state index contributed by atoms with van der Waals surface area (Å²) in [6.07, 6.45) is 0. The maximum Gasteiger partial charge on any atom is 0.350 e. The molecule has 2 amide bonds. The fourth-order valence-corrected chi connectivity index (χ4v) is 2.41. The van der Waals surface area contributed by atoms with E-state index in [4.69, 9.17) is 11.7 Å². The molecule has 3 aromatic rings. The first kappa shape index (κ1) is 12.4. The molecular weight excluding hydrogens is 252 g/mol. The average molecular weight is 266 g/mol. The molecule has 0 atom stereocenters. The molecule has 0 heterocycles. The minimum absolute atomic E-state index is 0.564. The number of carbonyl (C=O) groups is 1. The Labute approximate surface area is 115 Å². The van der Waals surface area contributed by atoms with Crippen LogP contribution in [-0.2, 0) is 0 Å². The molecule has 0 aliphatic carbocycles. The first-order chi connectivity index (χ1) is 9.72. The summed E-state index contributed by atoms with van der Waals surface area (Å²) in [5.74, 6) is 11.0. The van der Waals surface area contributed by atoms with Crippen LogP contribution < -0.4 is 22.1 Å². The van der Waals surface area contributed by atoms with Gasteiger partial charge >= 0.3 is 6.03 Å². The number of hydrogen-bond donors (Lipinski definition) is 3. The molecule has 3 aromatic carbocycles. The van der Waals surface area contributed by atoms with Crippen LogP contribution in [0.5, 0.6) is 0 Å². The molecule has 0 aliphatic rings. The monoisotopic (exact) mass is 266 g/mol. The fourth-order valence-electron chi connectivity index (χ4n) is 2.41. The van der Waals surface area contributed by atoms with Crippen LogP contribution in [-0.4, -0.2) is 6.03 Å². The van der Waals surface area contributed by atoms with Gasteiger partial charge in [0.15, 0.2) is 0 Å². The van der Waals surface area contributed by atoms with Crippen LogP contribution in [0.4, 0.5) is 10.5 Å². The van der Waals surface area contributed by atoms with Gasteiger partial charge in [-0.3, -0.25) is 5.43 Å². The zero-order valence-corrected chi connectivity index (χ0v) is 10.7. The van der Waals surface area contributed by atoms with E-state index in [-0.39, 0.29) is 0 Å². The number of anilines is 1. The van der Waals surface area contributed by atoms with Crippen LogP contribution in [0.25, 0.3) is 21.5 Å². The van der Waals surface area contributed by atoms with Crippen LogP contribution in [0.15, 0.2) is 54.6 Å². The fraction of sp³-hybridized carbons (Fsp3) is 0. The summed E-state index contributed by atoms with van der Waals surface area (Å²) in [7, 11) is 0. The minimum atomic E-state index is -0.564. The molecule has 5 nitrogen and oxygen atoms in total. The predicted octanol–water partition coefficient (Wildman–Crippen LogP) is 2.26. The van der Waals surface area contributed by atoms with Gasteiger partial charge in [0.1, 0.15) is 0 Å². The van der Waals surface area contributed by atoms with Gasteiger partial charge in [-0.25, -0.2) is 21.5 Å². The van der Waals surface area contributed by atoms with E-state index in [1.807, 2.05) is 60.0 Å². The van der Waals surface area contributed by atoms with E-state index in [2.05, 4.69) is 0 Å². The summed E-state index contributed by atoms with van der Waals surface area (Å²) in [5.41, 5.74) is 2.65. The second-order valence-corrected chi connectivity index (χ2v) is 4.48. The smallest absolute Gasteiger partial charge is 0.274 e. The maximum absolute atomic E-state index is 11.7. The molecule has 0 bridgehead atoms. The van der Waals surface area contributed by atoms with Crippen LogP contribution >= 0.6 is 0 Å². The molecule has 0 saturated carbocycles. The molecule has 0 saturated heterocycles. The number of nitrogens with two attached hydrogens (primary N) is 2. The Morgan fingerprint density at radius 1 is 0.950 bits per heavy atom. The molecule has 3 rings (SSSR count). The van der Waals surface area contributed by atoms with Crippen molar-refractivity contribution in [1.29, 1.82) is 0 Å². The van der Waals surface area contributed by atoms with Gasteiger partial charge in [0.05, 0.1) is 5.69 Å². The van der Waals surface area contributed by atoms with Gasteiger partial charge in [-0.1, -0.05) is 48.5 Å². The van der Waals surface area contributed by atoms with Gasteiger partial charge in [0, 0.05) is 5.39 Å². The first-order valence-electron chi connectivity index (χ1n) is 6.18. The lowest BCUT2D eigenvalue weighted by Crippen LogP contribution is -2.47. The molecule has 100 valence electrons. The maximum atomic E-state index is 11.7. The highest BCUT2D eigenvalue weighted by molar-refractivity contribution is 6.15. The van der Waals surface area contributed by atoms with Gasteiger partial charge in [0.2, 0.25) is 0 Å². The highest BCUT2D eigenvalue weighted by Crippen LogP contribution is 2.32. The molecule has 0 spiro atoms. The summed E-state index contributed by atoms with van der Waals surface area (Å²) in [5, 5.41) is 5.10. The number of urea groups is 1. The van der Waals surface area contributed by atoms with Crippen LogP contribution in [0.2, 0.25) is 0 Å². The van der Waals surface area contributed by atoms with Crippen LogP contribution in [0.3, 0.4) is 0 Å². The Morgan fingerprint density at radius 3 is 2.25 bits per heavy atom. The van der Waals surface area contributed by atoms with Gasteiger partial charge < -0.3 is 0 Å². The Hall–Kier alpha value is -2.63. The normalized spacial score (nSPS) is 10.7. The van der Waals surface area contributed by atoms with Crippen molar-refractivity contribution in [3.8, 4) is 0 Å². The van der Waals surface area contributed by atoms with Crippen molar-refractivity contribution in [3.63, 3.8) is 0 Å². The summed E-state index contributed by atoms with van der Waals surface area (Å²) in [6, 6.07) is 17.1. The van der Waals surface area contributed by atoms with Crippen molar-refractivity contribution < 1.29 is 4.79 Å². The highest BCUT2D eigenvalue weighted by atomic mass is 16.2. The van der Waals surface area contributed by atoms with E-state index in [1.54, 1.807) is 0 Å². The Bertz CT molecular complexity index is 800. The number of rotatable bonds is 1. The van der Waals surface area contributed by atoms with Crippen molar-refractivity contribution in [2.45, 2.75) is 0 Å². The zero-order chi connectivity index (χ0) is 14.1. The molecule has 0 unspecified atom stereocenters.